The average molecular weight is 477 g/mol. The second-order valence-electron chi connectivity index (χ2n) is 8.12. The molecule has 172 valence electrons. The molecular formula is C22H20N8O3S. The van der Waals surface area contributed by atoms with Gasteiger partial charge in [0.2, 0.25) is 10.0 Å². The Morgan fingerprint density at radius 2 is 1.94 bits per heavy atom. The molecule has 1 aliphatic rings. The molecule has 0 atom stereocenters. The van der Waals surface area contributed by atoms with E-state index in [1.165, 1.54) is 11.4 Å². The van der Waals surface area contributed by atoms with Gasteiger partial charge >= 0.3 is 6.01 Å². The Labute approximate surface area is 195 Å². The third-order valence-electron chi connectivity index (χ3n) is 5.84. The Morgan fingerprint density at radius 1 is 1.18 bits per heavy atom. The van der Waals surface area contributed by atoms with Crippen molar-refractivity contribution in [3.63, 3.8) is 0 Å². The van der Waals surface area contributed by atoms with Gasteiger partial charge in [-0.05, 0) is 24.3 Å². The van der Waals surface area contributed by atoms with Crippen molar-refractivity contribution in [1.82, 2.24) is 34.0 Å². The fraction of sp³-hybridized carbons (Fsp3) is 0.273. The van der Waals surface area contributed by atoms with Crippen molar-refractivity contribution >= 4 is 20.9 Å². The number of nitrogens with zero attached hydrogens (tertiary/aromatic N) is 8. The van der Waals surface area contributed by atoms with Crippen molar-refractivity contribution in [3.05, 3.63) is 49.1 Å². The van der Waals surface area contributed by atoms with E-state index in [-0.39, 0.29) is 25.5 Å². The Balaban J connectivity index is 1.58. The molecule has 0 saturated carbocycles. The zero-order valence-corrected chi connectivity index (χ0v) is 19.3. The molecule has 4 aromatic rings. The zero-order chi connectivity index (χ0) is 23.9. The maximum Gasteiger partial charge on any atom is 0.316 e. The van der Waals surface area contributed by atoms with Crippen LogP contribution in [0.25, 0.3) is 33.5 Å². The number of fused-ring (bicyclic) bond motifs is 1. The summed E-state index contributed by atoms with van der Waals surface area (Å²) in [4.78, 5) is 17.6. The molecule has 0 unspecified atom stereocenters. The van der Waals surface area contributed by atoms with E-state index in [4.69, 9.17) is 14.8 Å². The molecule has 1 aliphatic heterocycles. The molecule has 0 aliphatic carbocycles. The highest BCUT2D eigenvalue weighted by Gasteiger charge is 2.49. The summed E-state index contributed by atoms with van der Waals surface area (Å²) in [5.41, 5.74) is 2.53. The predicted molar refractivity (Wildman–Crippen MR) is 123 cm³/mol. The lowest BCUT2D eigenvalue weighted by Gasteiger charge is -2.47. The van der Waals surface area contributed by atoms with Crippen LogP contribution in [0, 0.1) is 11.3 Å². The summed E-state index contributed by atoms with van der Waals surface area (Å²) in [7, 11) is -1.84. The average Bonchev–Trinajstić information content (AvgIpc) is 3.30. The van der Waals surface area contributed by atoms with Crippen LogP contribution in [0.4, 0.5) is 0 Å². The predicted octanol–water partition coefficient (Wildman–Crippen LogP) is 1.84. The number of sulfonamides is 1. The molecule has 11 nitrogen and oxygen atoms in total. The molecule has 5 rings (SSSR count). The van der Waals surface area contributed by atoms with Crippen molar-refractivity contribution in [3.8, 4) is 34.7 Å². The lowest BCUT2D eigenvalue weighted by Crippen LogP contribution is -2.63. The molecule has 0 spiro atoms. The van der Waals surface area contributed by atoms with Crippen LogP contribution in [-0.2, 0) is 15.6 Å². The van der Waals surface area contributed by atoms with Gasteiger partial charge in [-0.1, -0.05) is 0 Å². The number of hydrogen-bond acceptors (Lipinski definition) is 9. The van der Waals surface area contributed by atoms with Crippen molar-refractivity contribution < 1.29 is 13.2 Å². The first-order valence-electron chi connectivity index (χ1n) is 10.3. The summed E-state index contributed by atoms with van der Waals surface area (Å²) in [6.07, 6.45) is 8.02. The quantitative estimate of drug-likeness (QED) is 0.408. The smallest absolute Gasteiger partial charge is 0.316 e. The summed E-state index contributed by atoms with van der Waals surface area (Å²) < 4.78 is 31.9. The second kappa shape index (κ2) is 8.12. The van der Waals surface area contributed by atoms with E-state index in [1.54, 1.807) is 29.5 Å². The van der Waals surface area contributed by atoms with Crippen molar-refractivity contribution in [1.29, 1.82) is 5.26 Å². The Morgan fingerprint density at radius 3 is 2.62 bits per heavy atom. The lowest BCUT2D eigenvalue weighted by molar-refractivity contribution is 0.0726. The van der Waals surface area contributed by atoms with Crippen molar-refractivity contribution in [2.45, 2.75) is 12.0 Å². The third-order valence-corrected chi connectivity index (χ3v) is 7.04. The van der Waals surface area contributed by atoms with Gasteiger partial charge in [0.15, 0.2) is 0 Å². The largest absolute Gasteiger partial charge is 0.467 e. The maximum atomic E-state index is 11.9. The van der Waals surface area contributed by atoms with Gasteiger partial charge in [-0.25, -0.2) is 23.4 Å². The first kappa shape index (κ1) is 21.9. The first-order chi connectivity index (χ1) is 16.3. The van der Waals surface area contributed by atoms with Gasteiger partial charge in [0, 0.05) is 48.8 Å². The summed E-state index contributed by atoms with van der Waals surface area (Å²) in [5.74, 6) is 0. The molecule has 1 fully saturated rings. The monoisotopic (exact) mass is 476 g/mol. The fourth-order valence-electron chi connectivity index (χ4n) is 4.02. The Bertz CT molecular complexity index is 1520. The van der Waals surface area contributed by atoms with Gasteiger partial charge < -0.3 is 4.74 Å². The second-order valence-corrected chi connectivity index (χ2v) is 10.1. The summed E-state index contributed by atoms with van der Waals surface area (Å²) in [5, 5.41) is 14.9. The van der Waals surface area contributed by atoms with Crippen LogP contribution in [-0.4, -0.2) is 68.9 Å². The molecule has 1 saturated heterocycles. The first-order valence-corrected chi connectivity index (χ1v) is 12.2. The van der Waals surface area contributed by atoms with E-state index in [0.29, 0.717) is 22.6 Å². The van der Waals surface area contributed by atoms with E-state index >= 15 is 0 Å². The number of aromatic nitrogens is 6. The van der Waals surface area contributed by atoms with E-state index in [1.807, 2.05) is 24.3 Å². The Hall–Kier alpha value is -3.95. The summed E-state index contributed by atoms with van der Waals surface area (Å²) >= 11 is 0. The summed E-state index contributed by atoms with van der Waals surface area (Å²) in [6.45, 7) is 0.388. The number of rotatable bonds is 6. The number of hydrogen-bond donors (Lipinski definition) is 0. The van der Waals surface area contributed by atoms with Crippen molar-refractivity contribution in [2.24, 2.45) is 0 Å². The summed E-state index contributed by atoms with van der Waals surface area (Å²) in [6, 6.07) is 9.83. The minimum Gasteiger partial charge on any atom is -0.467 e. The molecule has 12 heteroatoms. The van der Waals surface area contributed by atoms with E-state index in [0.717, 1.165) is 17.2 Å². The van der Waals surface area contributed by atoms with Gasteiger partial charge in [0.1, 0.15) is 16.9 Å². The molecule has 0 N–H and O–H groups in total. The number of pyridine rings is 2. The van der Waals surface area contributed by atoms with Gasteiger partial charge in [-0.15, -0.1) is 0 Å². The van der Waals surface area contributed by atoms with Gasteiger partial charge in [0.05, 0.1) is 37.1 Å². The number of methoxy groups -OCH3 is 1. The normalized spacial score (nSPS) is 15.6. The minimum atomic E-state index is -3.34. The highest BCUT2D eigenvalue weighted by Crippen LogP contribution is 2.35. The van der Waals surface area contributed by atoms with Crippen LogP contribution < -0.4 is 4.74 Å². The zero-order valence-electron chi connectivity index (χ0n) is 18.5. The fourth-order valence-corrected chi connectivity index (χ4v) is 4.97. The molecule has 4 aromatic heterocycles. The van der Waals surface area contributed by atoms with Crippen LogP contribution in [0.15, 0.2) is 49.1 Å². The van der Waals surface area contributed by atoms with Gasteiger partial charge in [-0.3, -0.25) is 9.67 Å². The molecule has 0 bridgehead atoms. The van der Waals surface area contributed by atoms with Crippen molar-refractivity contribution in [2.75, 3.05) is 26.5 Å². The third kappa shape index (κ3) is 3.74. The minimum absolute atomic E-state index is 0.138. The van der Waals surface area contributed by atoms with E-state index < -0.39 is 15.6 Å². The molecule has 5 heterocycles. The molecule has 0 aromatic carbocycles. The van der Waals surface area contributed by atoms with Crippen LogP contribution >= 0.6 is 0 Å². The van der Waals surface area contributed by atoms with Crippen LogP contribution in [0.1, 0.15) is 6.42 Å². The Kier molecular flexibility index (Phi) is 5.22. The van der Waals surface area contributed by atoms with E-state index in [9.17, 15) is 13.7 Å². The highest BCUT2D eigenvalue weighted by molar-refractivity contribution is 7.88. The molecule has 34 heavy (non-hydrogen) atoms. The lowest BCUT2D eigenvalue weighted by atomic mass is 9.89. The molecule has 0 amide bonds. The molecule has 0 radical (unpaired) electrons. The number of nitriles is 1. The number of ether oxygens (including phenoxy) is 1. The molecular weight excluding hydrogens is 456 g/mol. The van der Waals surface area contributed by atoms with Crippen LogP contribution in [0.5, 0.6) is 6.01 Å². The van der Waals surface area contributed by atoms with Gasteiger partial charge in [0.25, 0.3) is 0 Å². The standard InChI is InChI=1S/C22H20N8O3S/c1-33-21-25-11-15(12-26-21)18-10-19-16(4-3-8-24-19)20(27-18)17-5-9-30(28-17)22(6-7-23)13-29(14-22)34(2,31)32/h3-5,8-12H,6,13-14H2,1-2H3. The topological polar surface area (TPSA) is 140 Å². The van der Waals surface area contributed by atoms with Crippen LogP contribution in [0.3, 0.4) is 0 Å². The maximum absolute atomic E-state index is 11.9. The van der Waals surface area contributed by atoms with Gasteiger partial charge in [-0.2, -0.15) is 14.7 Å². The SMILES string of the molecule is COc1ncc(-c2cc3ncccc3c(-c3ccn(C4(CC#N)CN(S(C)(=O)=O)C4)n3)n2)cn1. The van der Waals surface area contributed by atoms with E-state index in [2.05, 4.69) is 21.0 Å². The van der Waals surface area contributed by atoms with Crippen LogP contribution in [0.2, 0.25) is 0 Å². The highest BCUT2D eigenvalue weighted by atomic mass is 32.2.